The molecular weight excluding hydrogens is 410 g/mol. The third kappa shape index (κ3) is 4.53. The van der Waals surface area contributed by atoms with E-state index in [0.717, 1.165) is 55.3 Å². The van der Waals surface area contributed by atoms with Crippen LogP contribution in [-0.4, -0.2) is 34.4 Å². The van der Waals surface area contributed by atoms with Crippen LogP contribution in [0.2, 0.25) is 0 Å². The van der Waals surface area contributed by atoms with E-state index in [1.54, 1.807) is 0 Å². The number of hydrogen-bond acceptors (Lipinski definition) is 3. The number of carbonyl (C=O) groups is 1. The van der Waals surface area contributed by atoms with Crippen molar-refractivity contribution in [2.45, 2.75) is 123 Å². The molecule has 0 spiro atoms. The predicted molar refractivity (Wildman–Crippen MR) is 134 cm³/mol. The van der Waals surface area contributed by atoms with E-state index in [1.165, 1.54) is 44.9 Å². The first-order chi connectivity index (χ1) is 15.6. The SMILES string of the molecule is CCC(C)(CO)NC(=O)CCC(C)C1CC[C@H]2[C@@H]3CC[C@@H]4C[C@H](O)CC[C@]4(C)[C@H]3CC[C@]12C. The Morgan fingerprint density at radius 3 is 2.45 bits per heavy atom. The summed E-state index contributed by atoms with van der Waals surface area (Å²) in [6.07, 6.45) is 13.6. The Hall–Kier alpha value is -0.610. The lowest BCUT2D eigenvalue weighted by atomic mass is 9.44. The summed E-state index contributed by atoms with van der Waals surface area (Å²) in [6, 6.07) is 0. The smallest absolute Gasteiger partial charge is 0.220 e. The van der Waals surface area contributed by atoms with Gasteiger partial charge in [0, 0.05) is 6.42 Å². The summed E-state index contributed by atoms with van der Waals surface area (Å²) in [7, 11) is 0. The van der Waals surface area contributed by atoms with Crippen LogP contribution in [0, 0.1) is 46.3 Å². The number of carbonyl (C=O) groups excluding carboxylic acids is 1. The van der Waals surface area contributed by atoms with E-state index in [9.17, 15) is 15.0 Å². The molecule has 10 atom stereocenters. The van der Waals surface area contributed by atoms with Crippen LogP contribution < -0.4 is 5.32 Å². The van der Waals surface area contributed by atoms with Crippen LogP contribution in [0.25, 0.3) is 0 Å². The maximum absolute atomic E-state index is 12.6. The van der Waals surface area contributed by atoms with Crippen molar-refractivity contribution in [2.75, 3.05) is 6.61 Å². The fourth-order valence-corrected chi connectivity index (χ4v) is 9.41. The summed E-state index contributed by atoms with van der Waals surface area (Å²) >= 11 is 0. The van der Waals surface area contributed by atoms with Crippen LogP contribution in [0.4, 0.5) is 0 Å². The Morgan fingerprint density at radius 2 is 1.76 bits per heavy atom. The molecule has 4 aliphatic rings. The molecule has 3 unspecified atom stereocenters. The molecule has 4 aliphatic carbocycles. The highest BCUT2D eigenvalue weighted by molar-refractivity contribution is 5.76. The first kappa shape index (κ1) is 25.5. The van der Waals surface area contributed by atoms with Crippen LogP contribution in [0.15, 0.2) is 0 Å². The van der Waals surface area contributed by atoms with Crippen molar-refractivity contribution in [3.05, 3.63) is 0 Å². The summed E-state index contributed by atoms with van der Waals surface area (Å²) in [5.41, 5.74) is 0.384. The Morgan fingerprint density at radius 1 is 1.06 bits per heavy atom. The highest BCUT2D eigenvalue weighted by Crippen LogP contribution is 2.68. The molecule has 0 aliphatic heterocycles. The molecule has 1 amide bonds. The highest BCUT2D eigenvalue weighted by Gasteiger charge is 2.60. The van der Waals surface area contributed by atoms with Crippen molar-refractivity contribution in [2.24, 2.45) is 46.3 Å². The molecular formula is C29H51NO3. The number of nitrogens with one attached hydrogen (secondary N) is 1. The van der Waals surface area contributed by atoms with Crippen molar-refractivity contribution >= 4 is 5.91 Å². The number of aliphatic hydroxyl groups is 2. The minimum Gasteiger partial charge on any atom is -0.394 e. The standard InChI is InChI=1S/C29H51NO3/c1-6-27(3,18-31)30-26(33)12-7-19(2)23-10-11-24-22-9-8-20-17-21(32)13-15-28(20,4)25(22)14-16-29(23,24)5/h19-25,31-32H,6-18H2,1-5H3,(H,30,33)/t19?,20-,21-,22+,23?,24+,25+,27?,28+,29-/m1/s1. The molecule has 0 aromatic heterocycles. The maximum Gasteiger partial charge on any atom is 0.220 e. The van der Waals surface area contributed by atoms with E-state index in [1.807, 2.05) is 13.8 Å². The maximum atomic E-state index is 12.6. The van der Waals surface area contributed by atoms with Gasteiger partial charge in [0.1, 0.15) is 0 Å². The predicted octanol–water partition coefficient (Wildman–Crippen LogP) is 5.70. The summed E-state index contributed by atoms with van der Waals surface area (Å²) in [4.78, 5) is 12.6. The molecule has 4 rings (SSSR count). The van der Waals surface area contributed by atoms with Gasteiger partial charge in [-0.25, -0.2) is 0 Å². The fourth-order valence-electron chi connectivity index (χ4n) is 9.41. The Kier molecular flexibility index (Phi) is 7.30. The largest absolute Gasteiger partial charge is 0.394 e. The zero-order chi connectivity index (χ0) is 24.0. The van der Waals surface area contributed by atoms with Gasteiger partial charge >= 0.3 is 0 Å². The molecule has 0 bridgehead atoms. The number of aliphatic hydroxyl groups excluding tert-OH is 2. The fraction of sp³-hybridized carbons (Fsp3) is 0.966. The van der Waals surface area contributed by atoms with Crippen LogP contribution in [0.3, 0.4) is 0 Å². The van der Waals surface area contributed by atoms with E-state index in [4.69, 9.17) is 0 Å². The molecule has 0 aromatic carbocycles. The van der Waals surface area contributed by atoms with Crippen molar-refractivity contribution < 1.29 is 15.0 Å². The topological polar surface area (TPSA) is 69.6 Å². The Bertz CT molecular complexity index is 705. The molecule has 4 fully saturated rings. The number of rotatable bonds is 7. The quantitative estimate of drug-likeness (QED) is 0.455. The molecule has 4 saturated carbocycles. The lowest BCUT2D eigenvalue weighted by Crippen LogP contribution is -2.54. The Balaban J connectivity index is 1.39. The molecule has 4 nitrogen and oxygen atoms in total. The van der Waals surface area contributed by atoms with Crippen molar-refractivity contribution in [3.63, 3.8) is 0 Å². The summed E-state index contributed by atoms with van der Waals surface area (Å²) in [6.45, 7) is 11.5. The van der Waals surface area contributed by atoms with Crippen molar-refractivity contribution in [3.8, 4) is 0 Å². The second-order valence-corrected chi connectivity index (χ2v) is 13.4. The lowest BCUT2D eigenvalue weighted by Gasteiger charge is -2.61. The molecule has 0 radical (unpaired) electrons. The van der Waals surface area contributed by atoms with Gasteiger partial charge in [0.15, 0.2) is 0 Å². The Labute approximate surface area is 202 Å². The van der Waals surface area contributed by atoms with Crippen LogP contribution in [0.5, 0.6) is 0 Å². The third-order valence-electron chi connectivity index (χ3n) is 11.8. The monoisotopic (exact) mass is 461 g/mol. The van der Waals surface area contributed by atoms with Crippen LogP contribution >= 0.6 is 0 Å². The number of amides is 1. The molecule has 0 saturated heterocycles. The zero-order valence-corrected chi connectivity index (χ0v) is 22.0. The number of fused-ring (bicyclic) bond motifs is 5. The third-order valence-corrected chi connectivity index (χ3v) is 11.8. The number of hydrogen-bond donors (Lipinski definition) is 3. The van der Waals surface area contributed by atoms with E-state index in [2.05, 4.69) is 26.1 Å². The van der Waals surface area contributed by atoms with E-state index >= 15 is 0 Å². The second kappa shape index (κ2) is 9.45. The average Bonchev–Trinajstić information content (AvgIpc) is 3.15. The van der Waals surface area contributed by atoms with Gasteiger partial charge in [-0.1, -0.05) is 27.7 Å². The van der Waals surface area contributed by atoms with Gasteiger partial charge in [0.25, 0.3) is 0 Å². The van der Waals surface area contributed by atoms with Gasteiger partial charge in [0.2, 0.25) is 5.91 Å². The summed E-state index contributed by atoms with van der Waals surface area (Å²) in [5.74, 6) is 4.69. The van der Waals surface area contributed by atoms with Gasteiger partial charge in [0.05, 0.1) is 18.2 Å². The molecule has 3 N–H and O–H groups in total. The molecule has 0 aromatic rings. The minimum absolute atomic E-state index is 0.00549. The van der Waals surface area contributed by atoms with Crippen molar-refractivity contribution in [1.29, 1.82) is 0 Å². The van der Waals surface area contributed by atoms with Gasteiger partial charge in [-0.15, -0.1) is 0 Å². The summed E-state index contributed by atoms with van der Waals surface area (Å²) < 4.78 is 0. The average molecular weight is 462 g/mol. The van der Waals surface area contributed by atoms with Gasteiger partial charge in [-0.3, -0.25) is 4.79 Å². The molecule has 33 heavy (non-hydrogen) atoms. The zero-order valence-electron chi connectivity index (χ0n) is 22.0. The van der Waals surface area contributed by atoms with Crippen LogP contribution in [-0.2, 0) is 4.79 Å². The second-order valence-electron chi connectivity index (χ2n) is 13.4. The van der Waals surface area contributed by atoms with Gasteiger partial charge < -0.3 is 15.5 Å². The first-order valence-corrected chi connectivity index (χ1v) is 14.2. The van der Waals surface area contributed by atoms with Crippen LogP contribution in [0.1, 0.15) is 112 Å². The van der Waals surface area contributed by atoms with Crippen molar-refractivity contribution in [1.82, 2.24) is 5.32 Å². The van der Waals surface area contributed by atoms with E-state index in [0.29, 0.717) is 23.2 Å². The van der Waals surface area contributed by atoms with E-state index in [-0.39, 0.29) is 18.6 Å². The normalized spacial score (nSPS) is 45.3. The molecule has 0 heterocycles. The molecule has 190 valence electrons. The van der Waals surface area contributed by atoms with E-state index < -0.39 is 5.54 Å². The van der Waals surface area contributed by atoms with Gasteiger partial charge in [-0.2, -0.15) is 0 Å². The first-order valence-electron chi connectivity index (χ1n) is 14.2. The minimum atomic E-state index is -0.493. The van der Waals surface area contributed by atoms with Gasteiger partial charge in [-0.05, 0) is 124 Å². The summed E-state index contributed by atoms with van der Waals surface area (Å²) in [5, 5.41) is 23.0. The lowest BCUT2D eigenvalue weighted by molar-refractivity contribution is -0.130. The highest BCUT2D eigenvalue weighted by atomic mass is 16.3. The molecule has 4 heteroatoms.